The van der Waals surface area contributed by atoms with E-state index in [0.29, 0.717) is 25.4 Å². The third kappa shape index (κ3) is 3.14. The summed E-state index contributed by atoms with van der Waals surface area (Å²) in [7, 11) is 0. The highest BCUT2D eigenvalue weighted by atomic mass is 32.2. The Morgan fingerprint density at radius 2 is 2.05 bits per heavy atom. The van der Waals surface area contributed by atoms with Crippen molar-refractivity contribution in [1.82, 2.24) is 9.80 Å². The topological polar surface area (TPSA) is 81.1 Å². The lowest BCUT2D eigenvalue weighted by Crippen LogP contribution is -2.57. The normalized spacial score (nSPS) is 32.2. The lowest BCUT2D eigenvalue weighted by Gasteiger charge is -2.40. The number of carboxylic acids is 1. The summed E-state index contributed by atoms with van der Waals surface area (Å²) in [5.74, 6) is 0.443. The number of aliphatic hydroxyl groups is 1. The standard InChI is InChI=1S/C12H20N2O4S/c1-8-2-3-13(6-10(8)15)12(18)14-4-5-19-7-9(14)11(16)17/h8-10,15H,2-7H2,1H3,(H,16,17). The van der Waals surface area contributed by atoms with Crippen molar-refractivity contribution < 1.29 is 19.8 Å². The number of aliphatic hydroxyl groups excluding tert-OH is 1. The zero-order valence-electron chi connectivity index (χ0n) is 11.0. The van der Waals surface area contributed by atoms with Gasteiger partial charge in [-0.15, -0.1) is 0 Å². The molecule has 0 aromatic carbocycles. The molecule has 2 heterocycles. The molecule has 0 spiro atoms. The third-order valence-electron chi connectivity index (χ3n) is 3.85. The molecule has 0 aliphatic carbocycles. The zero-order valence-corrected chi connectivity index (χ0v) is 11.8. The molecule has 0 bridgehead atoms. The first kappa shape index (κ1) is 14.5. The fraction of sp³-hybridized carbons (Fsp3) is 0.833. The van der Waals surface area contributed by atoms with E-state index in [-0.39, 0.29) is 11.9 Å². The van der Waals surface area contributed by atoms with E-state index in [9.17, 15) is 19.8 Å². The van der Waals surface area contributed by atoms with E-state index >= 15 is 0 Å². The zero-order chi connectivity index (χ0) is 14.0. The van der Waals surface area contributed by atoms with Crippen molar-refractivity contribution in [1.29, 1.82) is 0 Å². The maximum absolute atomic E-state index is 12.4. The molecule has 7 heteroatoms. The molecular formula is C12H20N2O4S. The SMILES string of the molecule is CC1CCN(C(=O)N2CCSCC2C(=O)O)CC1O. The average Bonchev–Trinajstić information content (AvgIpc) is 2.41. The first-order chi connectivity index (χ1) is 9.00. The van der Waals surface area contributed by atoms with Gasteiger partial charge in [-0.05, 0) is 12.3 Å². The van der Waals surface area contributed by atoms with Gasteiger partial charge in [-0.25, -0.2) is 9.59 Å². The molecule has 0 radical (unpaired) electrons. The highest BCUT2D eigenvalue weighted by molar-refractivity contribution is 7.99. The van der Waals surface area contributed by atoms with Crippen LogP contribution < -0.4 is 0 Å². The molecule has 0 saturated carbocycles. The summed E-state index contributed by atoms with van der Waals surface area (Å²) in [5, 5.41) is 19.0. The summed E-state index contributed by atoms with van der Waals surface area (Å²) in [6.45, 7) is 3.32. The van der Waals surface area contributed by atoms with E-state index in [0.717, 1.165) is 12.2 Å². The van der Waals surface area contributed by atoms with Gasteiger partial charge in [-0.1, -0.05) is 6.92 Å². The minimum absolute atomic E-state index is 0.191. The minimum atomic E-state index is -0.952. The average molecular weight is 288 g/mol. The molecule has 2 aliphatic rings. The number of β-amino-alcohol motifs (C(OH)–C–C–N with tert-alkyl or cyclic N) is 1. The van der Waals surface area contributed by atoms with Crippen LogP contribution in [-0.2, 0) is 4.79 Å². The van der Waals surface area contributed by atoms with Crippen molar-refractivity contribution in [3.63, 3.8) is 0 Å². The number of hydrogen-bond donors (Lipinski definition) is 2. The van der Waals surface area contributed by atoms with Gasteiger partial charge in [0.2, 0.25) is 0 Å². The second kappa shape index (κ2) is 6.00. The molecule has 6 nitrogen and oxygen atoms in total. The Labute approximate surface area is 116 Å². The Hall–Kier alpha value is -0.950. The van der Waals surface area contributed by atoms with E-state index < -0.39 is 18.1 Å². The molecule has 2 rings (SSSR count). The van der Waals surface area contributed by atoms with E-state index in [1.54, 1.807) is 16.7 Å². The number of urea groups is 1. The van der Waals surface area contributed by atoms with Crippen molar-refractivity contribution in [2.45, 2.75) is 25.5 Å². The predicted octanol–water partition coefficient (Wildman–Crippen LogP) is 0.311. The summed E-state index contributed by atoms with van der Waals surface area (Å²) < 4.78 is 0. The summed E-state index contributed by atoms with van der Waals surface area (Å²) >= 11 is 1.56. The second-order valence-corrected chi connectivity index (χ2v) is 6.33. The van der Waals surface area contributed by atoms with E-state index in [1.165, 1.54) is 4.90 Å². The number of hydrogen-bond acceptors (Lipinski definition) is 4. The molecule has 108 valence electrons. The number of carbonyl (C=O) groups excluding carboxylic acids is 1. The van der Waals surface area contributed by atoms with E-state index in [1.807, 2.05) is 6.92 Å². The van der Waals surface area contributed by atoms with Crippen molar-refractivity contribution in [3.05, 3.63) is 0 Å². The molecule has 2 saturated heterocycles. The number of nitrogens with zero attached hydrogens (tertiary/aromatic N) is 2. The maximum Gasteiger partial charge on any atom is 0.327 e. The number of thioether (sulfide) groups is 1. The molecule has 3 atom stereocenters. The number of carbonyl (C=O) groups is 2. The van der Waals surface area contributed by atoms with Crippen LogP contribution in [0.1, 0.15) is 13.3 Å². The molecule has 2 amide bonds. The smallest absolute Gasteiger partial charge is 0.327 e. The summed E-state index contributed by atoms with van der Waals surface area (Å²) in [4.78, 5) is 26.6. The van der Waals surface area contributed by atoms with Gasteiger partial charge >= 0.3 is 12.0 Å². The van der Waals surface area contributed by atoms with Gasteiger partial charge < -0.3 is 20.0 Å². The number of likely N-dealkylation sites (tertiary alicyclic amines) is 1. The number of carboxylic acid groups (broad SMARTS) is 1. The highest BCUT2D eigenvalue weighted by Crippen LogP contribution is 2.22. The van der Waals surface area contributed by atoms with Crippen LogP contribution in [0, 0.1) is 5.92 Å². The number of piperidine rings is 1. The van der Waals surface area contributed by atoms with Crippen molar-refractivity contribution in [2.75, 3.05) is 31.1 Å². The van der Waals surface area contributed by atoms with Crippen LogP contribution in [0.4, 0.5) is 4.79 Å². The molecule has 2 N–H and O–H groups in total. The Morgan fingerprint density at radius 3 is 2.68 bits per heavy atom. The second-order valence-electron chi connectivity index (χ2n) is 5.18. The molecule has 2 fully saturated rings. The number of amides is 2. The van der Waals surface area contributed by atoms with Crippen molar-refractivity contribution in [3.8, 4) is 0 Å². The van der Waals surface area contributed by atoms with Gasteiger partial charge in [0.1, 0.15) is 6.04 Å². The van der Waals surface area contributed by atoms with E-state index in [2.05, 4.69) is 0 Å². The van der Waals surface area contributed by atoms with Crippen molar-refractivity contribution in [2.24, 2.45) is 5.92 Å². The fourth-order valence-corrected chi connectivity index (χ4v) is 3.48. The van der Waals surface area contributed by atoms with Crippen LogP contribution in [0.2, 0.25) is 0 Å². The van der Waals surface area contributed by atoms with Gasteiger partial charge in [0.25, 0.3) is 0 Å². The summed E-state index contributed by atoms with van der Waals surface area (Å²) in [6, 6.07) is -0.999. The van der Waals surface area contributed by atoms with Gasteiger partial charge in [-0.2, -0.15) is 11.8 Å². The van der Waals surface area contributed by atoms with Gasteiger partial charge in [0.05, 0.1) is 6.10 Å². The third-order valence-corrected chi connectivity index (χ3v) is 4.87. The van der Waals surface area contributed by atoms with Crippen LogP contribution in [0.15, 0.2) is 0 Å². The number of rotatable bonds is 1. The first-order valence-corrected chi connectivity index (χ1v) is 7.70. The van der Waals surface area contributed by atoms with Crippen LogP contribution >= 0.6 is 11.8 Å². The lowest BCUT2D eigenvalue weighted by atomic mass is 9.96. The quantitative estimate of drug-likeness (QED) is 0.726. The van der Waals surface area contributed by atoms with Crippen LogP contribution in [0.3, 0.4) is 0 Å². The highest BCUT2D eigenvalue weighted by Gasteiger charge is 2.37. The molecule has 0 aromatic rings. The molecule has 2 aliphatic heterocycles. The predicted molar refractivity (Wildman–Crippen MR) is 72.2 cm³/mol. The maximum atomic E-state index is 12.4. The summed E-state index contributed by atoms with van der Waals surface area (Å²) in [5.41, 5.74) is 0. The van der Waals surface area contributed by atoms with Crippen LogP contribution in [0.25, 0.3) is 0 Å². The Balaban J connectivity index is 2.03. The molecular weight excluding hydrogens is 268 g/mol. The van der Waals surface area contributed by atoms with Crippen LogP contribution in [0.5, 0.6) is 0 Å². The first-order valence-electron chi connectivity index (χ1n) is 6.55. The van der Waals surface area contributed by atoms with Crippen LogP contribution in [-0.4, -0.2) is 75.3 Å². The minimum Gasteiger partial charge on any atom is -0.480 e. The largest absolute Gasteiger partial charge is 0.480 e. The Kier molecular flexibility index (Phi) is 4.57. The lowest BCUT2D eigenvalue weighted by molar-refractivity contribution is -0.141. The molecule has 3 unspecified atom stereocenters. The number of aliphatic carboxylic acids is 1. The molecule has 19 heavy (non-hydrogen) atoms. The van der Waals surface area contributed by atoms with Gasteiger partial charge in [0.15, 0.2) is 0 Å². The summed E-state index contributed by atoms with van der Waals surface area (Å²) in [6.07, 6.45) is 0.243. The Morgan fingerprint density at radius 1 is 1.32 bits per heavy atom. The molecule has 0 aromatic heterocycles. The Bertz CT molecular complexity index is 366. The van der Waals surface area contributed by atoms with Gasteiger partial charge in [0, 0.05) is 31.1 Å². The van der Waals surface area contributed by atoms with E-state index in [4.69, 9.17) is 0 Å². The van der Waals surface area contributed by atoms with Crippen molar-refractivity contribution >= 4 is 23.8 Å². The van der Waals surface area contributed by atoms with Gasteiger partial charge in [-0.3, -0.25) is 0 Å². The monoisotopic (exact) mass is 288 g/mol. The fourth-order valence-electron chi connectivity index (χ4n) is 2.44.